The third-order valence-electron chi connectivity index (χ3n) is 3.92. The number of amides is 2. The van der Waals surface area contributed by atoms with Crippen LogP contribution in [0.4, 0.5) is 0 Å². The summed E-state index contributed by atoms with van der Waals surface area (Å²) in [6, 6.07) is -0.171. The van der Waals surface area contributed by atoms with Gasteiger partial charge in [0, 0.05) is 39.1 Å². The van der Waals surface area contributed by atoms with Crippen LogP contribution in [0, 0.1) is 0 Å². The smallest absolute Gasteiger partial charge is 0.304 e. The molecular formula is C14H25N3O4. The van der Waals surface area contributed by atoms with Gasteiger partial charge in [0.05, 0.1) is 13.0 Å². The van der Waals surface area contributed by atoms with Crippen LogP contribution in [0.1, 0.15) is 27.2 Å². The van der Waals surface area contributed by atoms with Gasteiger partial charge in [0.1, 0.15) is 0 Å². The van der Waals surface area contributed by atoms with E-state index in [9.17, 15) is 14.4 Å². The number of rotatable bonds is 6. The van der Waals surface area contributed by atoms with Gasteiger partial charge in [-0.25, -0.2) is 0 Å². The van der Waals surface area contributed by atoms with E-state index >= 15 is 0 Å². The number of hydrogen-bond donors (Lipinski definition) is 1. The third-order valence-corrected chi connectivity index (χ3v) is 3.92. The van der Waals surface area contributed by atoms with Crippen LogP contribution in [0.3, 0.4) is 0 Å². The highest BCUT2D eigenvalue weighted by atomic mass is 16.4. The van der Waals surface area contributed by atoms with Crippen molar-refractivity contribution in [3.8, 4) is 0 Å². The Kier molecular flexibility index (Phi) is 6.61. The number of carbonyl (C=O) groups excluding carboxylic acids is 2. The molecule has 7 heteroatoms. The van der Waals surface area contributed by atoms with Crippen molar-refractivity contribution in [1.29, 1.82) is 0 Å². The van der Waals surface area contributed by atoms with Crippen molar-refractivity contribution >= 4 is 17.8 Å². The molecule has 1 saturated heterocycles. The Hall–Kier alpha value is -1.63. The van der Waals surface area contributed by atoms with Crippen LogP contribution in [0.25, 0.3) is 0 Å². The van der Waals surface area contributed by atoms with E-state index in [-0.39, 0.29) is 30.8 Å². The second-order valence-corrected chi connectivity index (χ2v) is 5.40. The normalized spacial score (nSPS) is 17.0. The molecule has 1 rings (SSSR count). The molecule has 21 heavy (non-hydrogen) atoms. The summed E-state index contributed by atoms with van der Waals surface area (Å²) in [6.45, 7) is 8.35. The molecule has 1 atom stereocenters. The predicted octanol–water partition coefficient (Wildman–Crippen LogP) is -0.138. The molecule has 0 aromatic rings. The van der Waals surface area contributed by atoms with Gasteiger partial charge in [-0.2, -0.15) is 0 Å². The van der Waals surface area contributed by atoms with Crippen molar-refractivity contribution in [2.45, 2.75) is 33.2 Å². The first-order valence-corrected chi connectivity index (χ1v) is 7.34. The van der Waals surface area contributed by atoms with Crippen LogP contribution in [0.15, 0.2) is 0 Å². The number of hydrogen-bond acceptors (Lipinski definition) is 4. The number of carbonyl (C=O) groups is 3. The number of carboxylic acid groups (broad SMARTS) is 1. The summed E-state index contributed by atoms with van der Waals surface area (Å²) in [4.78, 5) is 39.6. The highest BCUT2D eigenvalue weighted by Crippen LogP contribution is 2.07. The van der Waals surface area contributed by atoms with E-state index in [1.807, 2.05) is 18.7 Å². The summed E-state index contributed by atoms with van der Waals surface area (Å²) < 4.78 is 0. The number of likely N-dealkylation sites (N-methyl/N-ethyl adjacent to an activating group) is 1. The van der Waals surface area contributed by atoms with E-state index in [0.29, 0.717) is 32.7 Å². The maximum absolute atomic E-state index is 12.3. The molecule has 1 heterocycles. The second-order valence-electron chi connectivity index (χ2n) is 5.40. The summed E-state index contributed by atoms with van der Waals surface area (Å²) in [6.07, 6.45) is 0.0270. The summed E-state index contributed by atoms with van der Waals surface area (Å²) >= 11 is 0. The minimum atomic E-state index is -0.858. The molecule has 0 bridgehead atoms. The lowest BCUT2D eigenvalue weighted by molar-refractivity contribution is -0.141. The number of nitrogens with zero attached hydrogens (tertiary/aromatic N) is 3. The Labute approximate surface area is 125 Å². The minimum Gasteiger partial charge on any atom is -0.481 e. The molecule has 0 radical (unpaired) electrons. The van der Waals surface area contributed by atoms with Crippen LogP contribution in [-0.4, -0.2) is 82.9 Å². The van der Waals surface area contributed by atoms with Gasteiger partial charge < -0.3 is 14.9 Å². The fourth-order valence-electron chi connectivity index (χ4n) is 2.51. The average Bonchev–Trinajstić information content (AvgIpc) is 2.43. The topological polar surface area (TPSA) is 81.2 Å². The van der Waals surface area contributed by atoms with Crippen molar-refractivity contribution in [3.63, 3.8) is 0 Å². The lowest BCUT2D eigenvalue weighted by Gasteiger charge is -2.36. The first-order valence-electron chi connectivity index (χ1n) is 7.34. The van der Waals surface area contributed by atoms with Gasteiger partial charge in [0.15, 0.2) is 0 Å². The van der Waals surface area contributed by atoms with Gasteiger partial charge >= 0.3 is 5.97 Å². The molecule has 1 unspecified atom stereocenters. The number of aliphatic carboxylic acids is 1. The van der Waals surface area contributed by atoms with Gasteiger partial charge in [-0.3, -0.25) is 19.3 Å². The molecule has 0 aromatic heterocycles. The van der Waals surface area contributed by atoms with Gasteiger partial charge in [0.2, 0.25) is 11.8 Å². The zero-order valence-corrected chi connectivity index (χ0v) is 13.0. The number of carboxylic acids is 1. The molecule has 1 fully saturated rings. The molecule has 0 aliphatic carbocycles. The van der Waals surface area contributed by atoms with Gasteiger partial charge in [-0.05, 0) is 13.5 Å². The molecule has 1 N–H and O–H groups in total. The van der Waals surface area contributed by atoms with Crippen LogP contribution in [0.2, 0.25) is 0 Å². The molecule has 2 amide bonds. The molecule has 0 aromatic carbocycles. The molecule has 120 valence electrons. The Morgan fingerprint density at radius 2 is 1.67 bits per heavy atom. The first kappa shape index (κ1) is 17.4. The Bertz CT molecular complexity index is 392. The monoisotopic (exact) mass is 299 g/mol. The van der Waals surface area contributed by atoms with E-state index in [0.717, 1.165) is 0 Å². The summed E-state index contributed by atoms with van der Waals surface area (Å²) in [5, 5.41) is 8.83. The maximum Gasteiger partial charge on any atom is 0.304 e. The minimum absolute atomic E-state index is 0.00251. The van der Waals surface area contributed by atoms with Crippen LogP contribution in [-0.2, 0) is 14.4 Å². The van der Waals surface area contributed by atoms with E-state index in [1.165, 1.54) is 6.92 Å². The van der Waals surface area contributed by atoms with Crippen molar-refractivity contribution in [2.75, 3.05) is 39.3 Å². The number of piperazine rings is 1. The van der Waals surface area contributed by atoms with Crippen LogP contribution >= 0.6 is 0 Å². The van der Waals surface area contributed by atoms with Crippen molar-refractivity contribution in [1.82, 2.24) is 14.7 Å². The van der Waals surface area contributed by atoms with Gasteiger partial charge in [-0.15, -0.1) is 0 Å². The van der Waals surface area contributed by atoms with Crippen molar-refractivity contribution in [3.05, 3.63) is 0 Å². The van der Waals surface area contributed by atoms with Crippen LogP contribution < -0.4 is 0 Å². The molecule has 7 nitrogen and oxygen atoms in total. The van der Waals surface area contributed by atoms with Gasteiger partial charge in [-0.1, -0.05) is 6.92 Å². The summed E-state index contributed by atoms with van der Waals surface area (Å²) in [5.74, 6) is -0.826. The van der Waals surface area contributed by atoms with Crippen LogP contribution in [0.5, 0.6) is 0 Å². The largest absolute Gasteiger partial charge is 0.481 e. The van der Waals surface area contributed by atoms with E-state index in [4.69, 9.17) is 5.11 Å². The van der Waals surface area contributed by atoms with E-state index < -0.39 is 5.97 Å². The molecular weight excluding hydrogens is 274 g/mol. The molecule has 1 aliphatic rings. The zero-order valence-electron chi connectivity index (χ0n) is 13.0. The second kappa shape index (κ2) is 7.97. The molecule has 0 saturated carbocycles. The molecule has 1 aliphatic heterocycles. The Morgan fingerprint density at radius 1 is 1.14 bits per heavy atom. The summed E-state index contributed by atoms with van der Waals surface area (Å²) in [5.41, 5.74) is 0. The predicted molar refractivity (Wildman–Crippen MR) is 77.8 cm³/mol. The van der Waals surface area contributed by atoms with Crippen molar-refractivity contribution in [2.24, 2.45) is 0 Å². The fraction of sp³-hybridized carbons (Fsp3) is 0.786. The highest BCUT2D eigenvalue weighted by molar-refractivity contribution is 5.79. The first-order chi connectivity index (χ1) is 9.85. The lowest BCUT2D eigenvalue weighted by Crippen LogP contribution is -2.53. The average molecular weight is 299 g/mol. The maximum atomic E-state index is 12.3. The van der Waals surface area contributed by atoms with Crippen molar-refractivity contribution < 1.29 is 19.5 Å². The summed E-state index contributed by atoms with van der Waals surface area (Å²) in [7, 11) is 0. The van der Waals surface area contributed by atoms with E-state index in [2.05, 4.69) is 0 Å². The molecule has 0 spiro atoms. The Balaban J connectivity index is 2.48. The quantitative estimate of drug-likeness (QED) is 0.738. The zero-order chi connectivity index (χ0) is 16.0. The van der Waals surface area contributed by atoms with Gasteiger partial charge in [0.25, 0.3) is 0 Å². The highest BCUT2D eigenvalue weighted by Gasteiger charge is 2.25. The Morgan fingerprint density at radius 3 is 2.10 bits per heavy atom. The van der Waals surface area contributed by atoms with E-state index in [1.54, 1.807) is 9.80 Å². The lowest BCUT2D eigenvalue weighted by atomic mass is 10.2. The standard InChI is InChI=1S/C14H25N3O4/c1-4-15(11(2)9-14(20)21)10-13(19)17-7-5-16(6-8-17)12(3)18/h11H,4-10H2,1-3H3,(H,20,21). The SMILES string of the molecule is CCN(CC(=O)N1CCN(C(C)=O)CC1)C(C)CC(=O)O. The third kappa shape index (κ3) is 5.34. The fourth-order valence-corrected chi connectivity index (χ4v) is 2.51.